The molecule has 22 heavy (non-hydrogen) atoms. The van der Waals surface area contributed by atoms with Gasteiger partial charge in [0.1, 0.15) is 5.60 Å². The number of aliphatic hydroxyl groups excluding tert-OH is 1. The second-order valence-corrected chi connectivity index (χ2v) is 6.39. The molecule has 1 rings (SSSR count). The lowest BCUT2D eigenvalue weighted by atomic mass is 10.0. The van der Waals surface area contributed by atoms with Crippen LogP contribution in [0.25, 0.3) is 0 Å². The summed E-state index contributed by atoms with van der Waals surface area (Å²) in [5.74, 6) is -1.14. The zero-order valence-electron chi connectivity index (χ0n) is 14.2. The number of carbonyl (C=O) groups excluding carboxylic acids is 2. The van der Waals surface area contributed by atoms with Crippen LogP contribution in [-0.4, -0.2) is 59.3 Å². The van der Waals surface area contributed by atoms with Gasteiger partial charge in [-0.3, -0.25) is 4.79 Å². The summed E-state index contributed by atoms with van der Waals surface area (Å²) in [6.45, 7) is 10.8. The summed E-state index contributed by atoms with van der Waals surface area (Å²) in [6.07, 6.45) is -2.24. The summed E-state index contributed by atoms with van der Waals surface area (Å²) >= 11 is 0. The van der Waals surface area contributed by atoms with Gasteiger partial charge in [0.25, 0.3) is 0 Å². The number of hydrogen-bond acceptors (Lipinski definition) is 6. The molecule has 1 fully saturated rings. The van der Waals surface area contributed by atoms with Crippen LogP contribution in [0.15, 0.2) is 0 Å². The van der Waals surface area contributed by atoms with Crippen LogP contribution in [0.1, 0.15) is 41.5 Å². The van der Waals surface area contributed by atoms with Crippen LogP contribution in [0.2, 0.25) is 0 Å². The van der Waals surface area contributed by atoms with Gasteiger partial charge in [-0.15, -0.1) is 0 Å². The van der Waals surface area contributed by atoms with E-state index < -0.39 is 42.0 Å². The molecule has 2 amide bonds. The fraction of sp³-hybridized carbons (Fsp3) is 0.867. The molecule has 1 aliphatic rings. The van der Waals surface area contributed by atoms with E-state index >= 15 is 0 Å². The van der Waals surface area contributed by atoms with Crippen LogP contribution in [0, 0.1) is 5.92 Å². The minimum absolute atomic E-state index is 0.00233. The topological polar surface area (TPSA) is 85.3 Å². The molecule has 4 atom stereocenters. The maximum Gasteiger partial charge on any atom is 0.417 e. The monoisotopic (exact) mass is 317 g/mol. The maximum absolute atomic E-state index is 12.2. The Hall–Kier alpha value is -1.18. The van der Waals surface area contributed by atoms with Crippen molar-refractivity contribution in [3.05, 3.63) is 0 Å². The van der Waals surface area contributed by atoms with Crippen LogP contribution >= 0.6 is 0 Å². The van der Waals surface area contributed by atoms with E-state index in [1.165, 1.54) is 0 Å². The molecule has 0 bridgehead atoms. The van der Waals surface area contributed by atoms with Gasteiger partial charge in [0.05, 0.1) is 24.7 Å². The molecule has 1 aliphatic heterocycles. The van der Waals surface area contributed by atoms with Crippen molar-refractivity contribution in [1.82, 2.24) is 4.90 Å². The van der Waals surface area contributed by atoms with Crippen molar-refractivity contribution < 1.29 is 28.9 Å². The van der Waals surface area contributed by atoms with Gasteiger partial charge in [-0.05, 0) is 34.6 Å². The second kappa shape index (κ2) is 7.39. The van der Waals surface area contributed by atoms with Crippen molar-refractivity contribution >= 4 is 12.0 Å². The van der Waals surface area contributed by atoms with E-state index in [1.807, 2.05) is 6.92 Å². The number of nitrogens with zero attached hydrogens (tertiary/aromatic N) is 1. The first-order valence-electron chi connectivity index (χ1n) is 7.55. The van der Waals surface area contributed by atoms with Crippen LogP contribution in [0.3, 0.4) is 0 Å². The van der Waals surface area contributed by atoms with Crippen LogP contribution < -0.4 is 0 Å². The van der Waals surface area contributed by atoms with Gasteiger partial charge < -0.3 is 19.3 Å². The van der Waals surface area contributed by atoms with E-state index in [2.05, 4.69) is 0 Å². The molecule has 1 heterocycles. The molecule has 128 valence electrons. The van der Waals surface area contributed by atoms with Crippen LogP contribution in [0.5, 0.6) is 0 Å². The Morgan fingerprint density at radius 1 is 1.36 bits per heavy atom. The highest BCUT2D eigenvalue weighted by Crippen LogP contribution is 2.27. The van der Waals surface area contributed by atoms with Gasteiger partial charge in [0.2, 0.25) is 5.91 Å². The molecule has 0 aliphatic carbocycles. The van der Waals surface area contributed by atoms with Crippen molar-refractivity contribution in [2.75, 3.05) is 13.2 Å². The van der Waals surface area contributed by atoms with E-state index in [0.717, 1.165) is 4.90 Å². The van der Waals surface area contributed by atoms with Crippen molar-refractivity contribution in [3.8, 4) is 0 Å². The zero-order valence-corrected chi connectivity index (χ0v) is 14.2. The Balaban J connectivity index is 2.81. The van der Waals surface area contributed by atoms with Gasteiger partial charge in [0.15, 0.2) is 6.29 Å². The highest BCUT2D eigenvalue weighted by atomic mass is 16.7. The number of likely N-dealkylation sites (tertiary alicyclic amines) is 1. The smallest absolute Gasteiger partial charge is 0.417 e. The molecule has 0 radical (unpaired) electrons. The average Bonchev–Trinajstić information content (AvgIpc) is 2.59. The number of amides is 2. The SMILES string of the molecule is CCOC(C)OC[C@@H]1[C@@H](O)[C@@H](C)C(=O)N1C(=O)OC(C)(C)C. The third kappa shape index (κ3) is 4.66. The van der Waals surface area contributed by atoms with E-state index in [4.69, 9.17) is 14.2 Å². The normalized spacial score (nSPS) is 27.1. The van der Waals surface area contributed by atoms with E-state index in [9.17, 15) is 14.7 Å². The third-order valence-electron chi connectivity index (χ3n) is 3.36. The van der Waals surface area contributed by atoms with Crippen molar-refractivity contribution in [1.29, 1.82) is 0 Å². The number of ether oxygens (including phenoxy) is 3. The Morgan fingerprint density at radius 2 is 1.95 bits per heavy atom. The van der Waals surface area contributed by atoms with E-state index in [0.29, 0.717) is 6.61 Å². The Morgan fingerprint density at radius 3 is 2.45 bits per heavy atom. The van der Waals surface area contributed by atoms with Gasteiger partial charge in [-0.2, -0.15) is 0 Å². The summed E-state index contributed by atoms with van der Waals surface area (Å²) in [6, 6.07) is -0.778. The van der Waals surface area contributed by atoms with Gasteiger partial charge in [0, 0.05) is 6.61 Å². The molecule has 0 aromatic heterocycles. The molecule has 1 N–H and O–H groups in total. The molecule has 0 spiro atoms. The van der Waals surface area contributed by atoms with Crippen molar-refractivity contribution in [3.63, 3.8) is 0 Å². The summed E-state index contributed by atoms with van der Waals surface area (Å²) in [4.78, 5) is 25.4. The number of aliphatic hydroxyl groups is 1. The molecule has 1 unspecified atom stereocenters. The lowest BCUT2D eigenvalue weighted by Gasteiger charge is -2.28. The minimum atomic E-state index is -0.992. The standard InChI is InChI=1S/C15H27NO6/c1-7-20-10(3)21-8-11-12(17)9(2)13(18)16(11)14(19)22-15(4,5)6/h9-12,17H,7-8H2,1-6H3/t9-,10?,11-,12+/m1/s1. The second-order valence-electron chi connectivity index (χ2n) is 6.39. The lowest BCUT2D eigenvalue weighted by Crippen LogP contribution is -2.47. The van der Waals surface area contributed by atoms with Gasteiger partial charge in [-0.1, -0.05) is 6.92 Å². The molecule has 0 aromatic carbocycles. The highest BCUT2D eigenvalue weighted by molar-refractivity contribution is 5.96. The zero-order chi connectivity index (χ0) is 17.1. The number of carbonyl (C=O) groups is 2. The predicted molar refractivity (Wildman–Crippen MR) is 79.1 cm³/mol. The number of imide groups is 1. The Kier molecular flexibility index (Phi) is 6.34. The quantitative estimate of drug-likeness (QED) is 0.774. The summed E-state index contributed by atoms with van der Waals surface area (Å²) in [5, 5.41) is 10.2. The first-order valence-corrected chi connectivity index (χ1v) is 7.55. The molecular weight excluding hydrogens is 290 g/mol. The van der Waals surface area contributed by atoms with Gasteiger partial charge in [-0.25, -0.2) is 9.69 Å². The summed E-state index contributed by atoms with van der Waals surface area (Å²) in [7, 11) is 0. The van der Waals surface area contributed by atoms with Crippen LogP contribution in [0.4, 0.5) is 4.79 Å². The Bertz CT molecular complexity index is 405. The number of rotatable bonds is 5. The van der Waals surface area contributed by atoms with E-state index in [1.54, 1.807) is 34.6 Å². The van der Waals surface area contributed by atoms with E-state index in [-0.39, 0.29) is 6.61 Å². The number of hydrogen-bond donors (Lipinski definition) is 1. The fourth-order valence-electron chi connectivity index (χ4n) is 2.24. The van der Waals surface area contributed by atoms with Crippen LogP contribution in [-0.2, 0) is 19.0 Å². The first-order chi connectivity index (χ1) is 10.1. The fourth-order valence-corrected chi connectivity index (χ4v) is 2.24. The van der Waals surface area contributed by atoms with Crippen molar-refractivity contribution in [2.24, 2.45) is 5.92 Å². The maximum atomic E-state index is 12.2. The first kappa shape index (κ1) is 18.9. The molecule has 0 saturated carbocycles. The lowest BCUT2D eigenvalue weighted by molar-refractivity contribution is -0.145. The molecule has 7 nitrogen and oxygen atoms in total. The largest absolute Gasteiger partial charge is 0.443 e. The minimum Gasteiger partial charge on any atom is -0.443 e. The van der Waals surface area contributed by atoms with Gasteiger partial charge >= 0.3 is 6.09 Å². The third-order valence-corrected chi connectivity index (χ3v) is 3.36. The Labute approximate surface area is 131 Å². The molecule has 1 saturated heterocycles. The molecular formula is C15H27NO6. The average molecular weight is 317 g/mol. The van der Waals surface area contributed by atoms with Crippen molar-refractivity contribution in [2.45, 2.75) is 65.6 Å². The molecule has 0 aromatic rings. The summed E-state index contributed by atoms with van der Waals surface area (Å²) in [5.41, 5.74) is -0.724. The summed E-state index contributed by atoms with van der Waals surface area (Å²) < 4.78 is 15.9. The molecule has 7 heteroatoms. The predicted octanol–water partition coefficient (Wildman–Crippen LogP) is 1.53. The highest BCUT2D eigenvalue weighted by Gasteiger charge is 2.49.